The summed E-state index contributed by atoms with van der Waals surface area (Å²) >= 11 is 0. The summed E-state index contributed by atoms with van der Waals surface area (Å²) in [5.41, 5.74) is 5.52. The number of benzene rings is 1. The van der Waals surface area contributed by atoms with Gasteiger partial charge < -0.3 is 9.84 Å². The summed E-state index contributed by atoms with van der Waals surface area (Å²) in [4.78, 5) is 2.25. The van der Waals surface area contributed by atoms with Crippen LogP contribution < -0.4 is 0 Å². The van der Waals surface area contributed by atoms with Crippen molar-refractivity contribution < 1.29 is 9.84 Å². The Morgan fingerprint density at radius 2 is 2.00 bits per heavy atom. The van der Waals surface area contributed by atoms with Gasteiger partial charge in [0, 0.05) is 13.1 Å². The van der Waals surface area contributed by atoms with Crippen molar-refractivity contribution in [1.29, 1.82) is 0 Å². The summed E-state index contributed by atoms with van der Waals surface area (Å²) in [6, 6.07) is 4.51. The lowest BCUT2D eigenvalue weighted by Crippen LogP contribution is -2.45. The molecule has 0 unspecified atom stereocenters. The Kier molecular flexibility index (Phi) is 4.98. The van der Waals surface area contributed by atoms with Crippen molar-refractivity contribution in [3.8, 4) is 0 Å². The van der Waals surface area contributed by atoms with Crippen molar-refractivity contribution >= 4 is 0 Å². The number of morpholine rings is 1. The molecule has 1 aliphatic rings. The maximum absolute atomic E-state index is 9.78. The van der Waals surface area contributed by atoms with Gasteiger partial charge in [0.15, 0.2) is 0 Å². The lowest BCUT2D eigenvalue weighted by atomic mass is 9.82. The summed E-state index contributed by atoms with van der Waals surface area (Å²) in [6.45, 7) is 17.7. The molecule has 1 fully saturated rings. The highest BCUT2D eigenvalue weighted by atomic mass is 16.5. The maximum Gasteiger partial charge on any atom is 0.105 e. The second-order valence-electron chi connectivity index (χ2n) is 7.40. The molecule has 3 heteroatoms. The molecule has 1 heterocycles. The van der Waals surface area contributed by atoms with E-state index in [1.807, 2.05) is 0 Å². The van der Waals surface area contributed by atoms with Gasteiger partial charge in [-0.3, -0.25) is 4.90 Å². The molecule has 1 N–H and O–H groups in total. The van der Waals surface area contributed by atoms with E-state index in [1.165, 1.54) is 22.3 Å². The van der Waals surface area contributed by atoms with E-state index in [-0.39, 0.29) is 17.2 Å². The number of hydrogen-bond acceptors (Lipinski definition) is 3. The highest BCUT2D eigenvalue weighted by molar-refractivity contribution is 5.40. The van der Waals surface area contributed by atoms with Gasteiger partial charge >= 0.3 is 0 Å². The average molecular weight is 303 g/mol. The van der Waals surface area contributed by atoms with Crippen molar-refractivity contribution in [3.63, 3.8) is 0 Å². The molecule has 1 aromatic rings. The number of ether oxygens (including phenoxy) is 1. The summed E-state index contributed by atoms with van der Waals surface area (Å²) < 4.78 is 5.47. The fourth-order valence-corrected chi connectivity index (χ4v) is 3.21. The SMILES string of the molecule is C=C(O)[C@@H]1COCCN1Cc1cc(C)c(C(C)(C)C)cc1C. The quantitative estimate of drug-likeness (QED) is 0.860. The number of hydrogen-bond donors (Lipinski definition) is 1. The molecule has 22 heavy (non-hydrogen) atoms. The molecular formula is C19H29NO2. The van der Waals surface area contributed by atoms with Crippen LogP contribution in [0.25, 0.3) is 0 Å². The van der Waals surface area contributed by atoms with Crippen LogP contribution in [-0.2, 0) is 16.7 Å². The molecule has 0 amide bonds. The minimum Gasteiger partial charge on any atom is -0.511 e. The first kappa shape index (κ1) is 17.0. The highest BCUT2D eigenvalue weighted by Crippen LogP contribution is 2.29. The Bertz CT molecular complexity index is 557. The van der Waals surface area contributed by atoms with Crippen LogP contribution in [0.2, 0.25) is 0 Å². The Labute approximate surface area is 134 Å². The van der Waals surface area contributed by atoms with Gasteiger partial charge in [-0.1, -0.05) is 39.5 Å². The van der Waals surface area contributed by atoms with Gasteiger partial charge in [-0.25, -0.2) is 0 Å². The number of aryl methyl sites for hydroxylation is 2. The zero-order chi connectivity index (χ0) is 16.5. The standard InChI is InChI=1S/C19H29NO2/c1-13-10-17(19(4,5)6)14(2)9-16(13)11-20-7-8-22-12-18(20)15(3)21/h9-10,18,21H,3,7-8,11-12H2,1-2,4-6H3/t18-/m0/s1. The van der Waals surface area contributed by atoms with Crippen molar-refractivity contribution in [2.75, 3.05) is 19.8 Å². The molecule has 0 aromatic heterocycles. The highest BCUT2D eigenvalue weighted by Gasteiger charge is 2.26. The van der Waals surface area contributed by atoms with Crippen LogP contribution in [0, 0.1) is 13.8 Å². The largest absolute Gasteiger partial charge is 0.511 e. The summed E-state index contributed by atoms with van der Waals surface area (Å²) in [6.07, 6.45) is 0. The zero-order valence-electron chi connectivity index (χ0n) is 14.6. The molecule has 2 rings (SSSR count). The predicted octanol–water partition coefficient (Wildman–Crippen LogP) is 3.87. The molecule has 0 spiro atoms. The number of rotatable bonds is 3. The molecule has 0 saturated carbocycles. The molecule has 1 aromatic carbocycles. The van der Waals surface area contributed by atoms with E-state index in [0.717, 1.165) is 13.1 Å². The first-order valence-electron chi connectivity index (χ1n) is 8.00. The van der Waals surface area contributed by atoms with E-state index in [4.69, 9.17) is 4.74 Å². The minimum absolute atomic E-state index is 0.101. The second kappa shape index (κ2) is 6.43. The maximum atomic E-state index is 9.78. The van der Waals surface area contributed by atoms with Crippen molar-refractivity contribution in [2.24, 2.45) is 0 Å². The van der Waals surface area contributed by atoms with Gasteiger partial charge in [-0.05, 0) is 41.5 Å². The van der Waals surface area contributed by atoms with Crippen molar-refractivity contribution in [2.45, 2.75) is 52.6 Å². The van der Waals surface area contributed by atoms with E-state index in [1.54, 1.807) is 0 Å². The molecule has 0 bridgehead atoms. The van der Waals surface area contributed by atoms with E-state index < -0.39 is 0 Å². The first-order valence-corrected chi connectivity index (χ1v) is 8.00. The Balaban J connectivity index is 2.26. The van der Waals surface area contributed by atoms with Crippen LogP contribution >= 0.6 is 0 Å². The van der Waals surface area contributed by atoms with Crippen LogP contribution in [0.1, 0.15) is 43.0 Å². The monoisotopic (exact) mass is 303 g/mol. The Morgan fingerprint density at radius 3 is 2.59 bits per heavy atom. The summed E-state index contributed by atoms with van der Waals surface area (Å²) in [5, 5.41) is 9.78. The normalized spacial score (nSPS) is 20.1. The third-order valence-corrected chi connectivity index (χ3v) is 4.49. The average Bonchev–Trinajstić information content (AvgIpc) is 2.41. The summed E-state index contributed by atoms with van der Waals surface area (Å²) in [7, 11) is 0. The number of aliphatic hydroxyl groups excluding tert-OH is 1. The van der Waals surface area contributed by atoms with Gasteiger partial charge in [-0.2, -0.15) is 0 Å². The van der Waals surface area contributed by atoms with Gasteiger partial charge in [-0.15, -0.1) is 0 Å². The lowest BCUT2D eigenvalue weighted by molar-refractivity contribution is -0.0110. The smallest absolute Gasteiger partial charge is 0.105 e. The van der Waals surface area contributed by atoms with E-state index in [9.17, 15) is 5.11 Å². The van der Waals surface area contributed by atoms with Gasteiger partial charge in [0.05, 0.1) is 19.3 Å². The van der Waals surface area contributed by atoms with Gasteiger partial charge in [0.25, 0.3) is 0 Å². The second-order valence-corrected chi connectivity index (χ2v) is 7.40. The van der Waals surface area contributed by atoms with Gasteiger partial charge in [0.1, 0.15) is 5.76 Å². The van der Waals surface area contributed by atoms with Crippen molar-refractivity contribution in [3.05, 3.63) is 46.7 Å². The third-order valence-electron chi connectivity index (χ3n) is 4.49. The zero-order valence-corrected chi connectivity index (χ0v) is 14.6. The van der Waals surface area contributed by atoms with E-state index in [2.05, 4.69) is 58.2 Å². The van der Waals surface area contributed by atoms with Crippen LogP contribution in [0.3, 0.4) is 0 Å². The van der Waals surface area contributed by atoms with Crippen LogP contribution in [0.15, 0.2) is 24.5 Å². The van der Waals surface area contributed by atoms with E-state index >= 15 is 0 Å². The van der Waals surface area contributed by atoms with Crippen LogP contribution in [0.5, 0.6) is 0 Å². The fourth-order valence-electron chi connectivity index (χ4n) is 3.21. The lowest BCUT2D eigenvalue weighted by Gasteiger charge is -2.35. The molecule has 0 aliphatic carbocycles. The van der Waals surface area contributed by atoms with Crippen LogP contribution in [0.4, 0.5) is 0 Å². The molecule has 0 radical (unpaired) electrons. The van der Waals surface area contributed by atoms with Gasteiger partial charge in [0.2, 0.25) is 0 Å². The Morgan fingerprint density at radius 1 is 1.32 bits per heavy atom. The van der Waals surface area contributed by atoms with Crippen LogP contribution in [-0.4, -0.2) is 35.8 Å². The summed E-state index contributed by atoms with van der Waals surface area (Å²) in [5.74, 6) is 0.195. The number of aliphatic hydroxyl groups is 1. The molecular weight excluding hydrogens is 274 g/mol. The fraction of sp³-hybridized carbons (Fsp3) is 0.579. The van der Waals surface area contributed by atoms with Crippen molar-refractivity contribution in [1.82, 2.24) is 4.90 Å². The molecule has 122 valence electrons. The third kappa shape index (κ3) is 3.71. The molecule has 1 saturated heterocycles. The minimum atomic E-state index is -0.101. The molecule has 1 aliphatic heterocycles. The predicted molar refractivity (Wildman–Crippen MR) is 91.4 cm³/mol. The first-order chi connectivity index (χ1) is 10.2. The Hall–Kier alpha value is -1.32. The molecule has 3 nitrogen and oxygen atoms in total. The number of nitrogens with zero attached hydrogens (tertiary/aromatic N) is 1. The topological polar surface area (TPSA) is 32.7 Å². The molecule has 1 atom stereocenters. The van der Waals surface area contributed by atoms with E-state index in [0.29, 0.717) is 13.2 Å².